The molecule has 114 valence electrons. The normalized spacial score (nSPS) is 15.3. The maximum Gasteiger partial charge on any atom is 0.103 e. The van der Waals surface area contributed by atoms with Crippen LogP contribution in [-0.4, -0.2) is 9.61 Å². The summed E-state index contributed by atoms with van der Waals surface area (Å²) in [6.07, 6.45) is 5.68. The molecule has 1 N–H and O–H groups in total. The molecule has 5 heteroatoms. The van der Waals surface area contributed by atoms with Gasteiger partial charge >= 0.3 is 0 Å². The predicted molar refractivity (Wildman–Crippen MR) is 98.3 cm³/mol. The first kappa shape index (κ1) is 14.5. The molecule has 1 aliphatic rings. The van der Waals surface area contributed by atoms with Crippen LogP contribution in [0.25, 0.3) is 5.52 Å². The van der Waals surface area contributed by atoms with Crippen LogP contribution >= 0.6 is 22.6 Å². The van der Waals surface area contributed by atoms with Gasteiger partial charge in [0.15, 0.2) is 0 Å². The summed E-state index contributed by atoms with van der Waals surface area (Å²) in [4.78, 5) is 0. The standard InChI is InChI=1S/C18H15IN4/c1-12-4-5-14(15(19)9-12)18(6-7-18)22-17-13(10-20)11-21-23-8-2-3-16(17)23/h2-5,8-9,11,22H,6-7H2,1H3. The van der Waals surface area contributed by atoms with Crippen molar-refractivity contribution in [3.8, 4) is 6.07 Å². The number of nitrogens with one attached hydrogen (secondary N) is 1. The summed E-state index contributed by atoms with van der Waals surface area (Å²) in [5.41, 5.74) is 4.92. The minimum Gasteiger partial charge on any atom is -0.373 e. The fourth-order valence-corrected chi connectivity index (χ4v) is 4.23. The minimum atomic E-state index is -0.0675. The molecule has 2 aromatic heterocycles. The summed E-state index contributed by atoms with van der Waals surface area (Å²) in [7, 11) is 0. The highest BCUT2D eigenvalue weighted by atomic mass is 127. The Morgan fingerprint density at radius 3 is 2.87 bits per heavy atom. The Bertz CT molecular complexity index is 947. The molecule has 0 atom stereocenters. The van der Waals surface area contributed by atoms with Crippen molar-refractivity contribution in [1.29, 1.82) is 5.26 Å². The third-order valence-electron chi connectivity index (χ3n) is 4.44. The van der Waals surface area contributed by atoms with Crippen molar-refractivity contribution in [2.24, 2.45) is 0 Å². The Hall–Kier alpha value is -2.07. The number of nitriles is 1. The topological polar surface area (TPSA) is 53.1 Å². The number of halogens is 1. The van der Waals surface area contributed by atoms with E-state index >= 15 is 0 Å². The molecule has 0 spiro atoms. The minimum absolute atomic E-state index is 0.0675. The first-order chi connectivity index (χ1) is 11.1. The molecule has 4 nitrogen and oxygen atoms in total. The monoisotopic (exact) mass is 414 g/mol. The van der Waals surface area contributed by atoms with Crippen LogP contribution in [0.3, 0.4) is 0 Å². The highest BCUT2D eigenvalue weighted by Gasteiger charge is 2.46. The molecular weight excluding hydrogens is 399 g/mol. The molecule has 4 rings (SSSR count). The molecule has 1 saturated carbocycles. The van der Waals surface area contributed by atoms with Crippen LogP contribution in [0.15, 0.2) is 42.7 Å². The molecule has 0 unspecified atom stereocenters. The molecule has 0 amide bonds. The molecule has 1 fully saturated rings. The molecule has 2 heterocycles. The van der Waals surface area contributed by atoms with E-state index in [4.69, 9.17) is 0 Å². The van der Waals surface area contributed by atoms with Crippen LogP contribution in [0.2, 0.25) is 0 Å². The van der Waals surface area contributed by atoms with Crippen LogP contribution in [0, 0.1) is 21.8 Å². The second-order valence-electron chi connectivity index (χ2n) is 6.07. The highest BCUT2D eigenvalue weighted by Crippen LogP contribution is 2.50. The van der Waals surface area contributed by atoms with Gasteiger partial charge in [0, 0.05) is 9.77 Å². The van der Waals surface area contributed by atoms with E-state index in [2.05, 4.69) is 64.2 Å². The fourth-order valence-electron chi connectivity index (χ4n) is 3.04. The van der Waals surface area contributed by atoms with Gasteiger partial charge in [-0.3, -0.25) is 0 Å². The van der Waals surface area contributed by atoms with Gasteiger partial charge in [-0.15, -0.1) is 0 Å². The van der Waals surface area contributed by atoms with Gasteiger partial charge in [-0.1, -0.05) is 17.7 Å². The van der Waals surface area contributed by atoms with E-state index < -0.39 is 0 Å². The number of aromatic nitrogens is 2. The lowest BCUT2D eigenvalue weighted by Gasteiger charge is -2.22. The third kappa shape index (κ3) is 2.38. The largest absolute Gasteiger partial charge is 0.373 e. The first-order valence-corrected chi connectivity index (χ1v) is 8.62. The van der Waals surface area contributed by atoms with E-state index in [1.54, 1.807) is 10.7 Å². The van der Waals surface area contributed by atoms with Crippen molar-refractivity contribution < 1.29 is 0 Å². The van der Waals surface area contributed by atoms with Crippen molar-refractivity contribution in [2.75, 3.05) is 5.32 Å². The van der Waals surface area contributed by atoms with Crippen molar-refractivity contribution in [1.82, 2.24) is 9.61 Å². The second-order valence-corrected chi connectivity index (χ2v) is 7.24. The van der Waals surface area contributed by atoms with Crippen LogP contribution < -0.4 is 5.32 Å². The number of hydrogen-bond acceptors (Lipinski definition) is 3. The number of hydrogen-bond donors (Lipinski definition) is 1. The van der Waals surface area contributed by atoms with Gasteiger partial charge in [0.2, 0.25) is 0 Å². The van der Waals surface area contributed by atoms with Gasteiger partial charge in [0.1, 0.15) is 6.07 Å². The molecule has 1 aromatic carbocycles. The summed E-state index contributed by atoms with van der Waals surface area (Å²) in [6, 6.07) is 12.8. The van der Waals surface area contributed by atoms with Crippen LogP contribution in [0.1, 0.15) is 29.5 Å². The molecular formula is C18H15IN4. The summed E-state index contributed by atoms with van der Waals surface area (Å²) < 4.78 is 3.07. The van der Waals surface area contributed by atoms with Gasteiger partial charge in [-0.05, 0) is 66.1 Å². The van der Waals surface area contributed by atoms with Gasteiger partial charge in [0.25, 0.3) is 0 Å². The van der Waals surface area contributed by atoms with E-state index in [1.165, 1.54) is 14.7 Å². The zero-order valence-corrected chi connectivity index (χ0v) is 14.8. The number of rotatable bonds is 3. The Balaban J connectivity index is 1.81. The quantitative estimate of drug-likeness (QED) is 0.653. The Morgan fingerprint density at radius 2 is 2.17 bits per heavy atom. The van der Waals surface area contributed by atoms with Crippen molar-refractivity contribution in [3.05, 3.63) is 63.0 Å². The molecule has 0 aliphatic heterocycles. The van der Waals surface area contributed by atoms with Crippen molar-refractivity contribution >= 4 is 33.8 Å². The molecule has 3 aromatic rings. The third-order valence-corrected chi connectivity index (χ3v) is 5.33. The number of aryl methyl sites for hydroxylation is 1. The maximum absolute atomic E-state index is 9.45. The van der Waals surface area contributed by atoms with E-state index in [-0.39, 0.29) is 5.54 Å². The lowest BCUT2D eigenvalue weighted by molar-refractivity contribution is 0.798. The zero-order chi connectivity index (χ0) is 16.0. The summed E-state index contributed by atoms with van der Waals surface area (Å²) in [5, 5.41) is 17.4. The van der Waals surface area contributed by atoms with E-state index in [0.29, 0.717) is 5.56 Å². The smallest absolute Gasteiger partial charge is 0.103 e. The molecule has 0 radical (unpaired) electrons. The summed E-state index contributed by atoms with van der Waals surface area (Å²) >= 11 is 2.41. The second kappa shape index (κ2) is 5.24. The average molecular weight is 414 g/mol. The Morgan fingerprint density at radius 1 is 1.35 bits per heavy atom. The van der Waals surface area contributed by atoms with Crippen molar-refractivity contribution in [3.63, 3.8) is 0 Å². The molecule has 1 aliphatic carbocycles. The van der Waals surface area contributed by atoms with Crippen molar-refractivity contribution in [2.45, 2.75) is 25.3 Å². The van der Waals surface area contributed by atoms with Gasteiger partial charge in [-0.2, -0.15) is 10.4 Å². The zero-order valence-electron chi connectivity index (χ0n) is 12.7. The van der Waals surface area contributed by atoms with Gasteiger partial charge in [-0.25, -0.2) is 4.52 Å². The number of benzene rings is 1. The maximum atomic E-state index is 9.45. The van der Waals surface area contributed by atoms with E-state index in [0.717, 1.165) is 24.0 Å². The first-order valence-electron chi connectivity index (χ1n) is 7.54. The Kier molecular flexibility index (Phi) is 3.31. The number of nitrogens with zero attached hydrogens (tertiary/aromatic N) is 3. The van der Waals surface area contributed by atoms with Gasteiger partial charge < -0.3 is 5.32 Å². The number of fused-ring (bicyclic) bond motifs is 1. The molecule has 23 heavy (non-hydrogen) atoms. The average Bonchev–Trinajstić information content (AvgIpc) is 3.14. The van der Waals surface area contributed by atoms with Crippen LogP contribution in [0.4, 0.5) is 5.69 Å². The van der Waals surface area contributed by atoms with Crippen LogP contribution in [-0.2, 0) is 5.54 Å². The van der Waals surface area contributed by atoms with E-state index in [1.807, 2.05) is 18.3 Å². The predicted octanol–water partition coefficient (Wildman–Crippen LogP) is 4.22. The van der Waals surface area contributed by atoms with Crippen LogP contribution in [0.5, 0.6) is 0 Å². The van der Waals surface area contributed by atoms with Gasteiger partial charge in [0.05, 0.1) is 28.5 Å². The molecule has 0 saturated heterocycles. The lowest BCUT2D eigenvalue weighted by atomic mass is 10.0. The summed E-state index contributed by atoms with van der Waals surface area (Å²) in [6.45, 7) is 2.11. The number of anilines is 1. The van der Waals surface area contributed by atoms with E-state index in [9.17, 15) is 5.26 Å². The Labute approximate surface area is 148 Å². The SMILES string of the molecule is Cc1ccc(C2(Nc3c(C#N)cnn4cccc34)CC2)c(I)c1. The highest BCUT2D eigenvalue weighted by molar-refractivity contribution is 14.1. The summed E-state index contributed by atoms with van der Waals surface area (Å²) in [5.74, 6) is 0. The molecule has 0 bridgehead atoms. The lowest BCUT2D eigenvalue weighted by Crippen LogP contribution is -2.21. The fraction of sp³-hybridized carbons (Fsp3) is 0.222.